The minimum Gasteiger partial charge on any atom is -0.461 e. The van der Waals surface area contributed by atoms with E-state index in [1.165, 1.54) is 60.7 Å². The van der Waals surface area contributed by atoms with Gasteiger partial charge in [-0.1, -0.05) is 98.4 Å². The molecule has 8 nitrogen and oxygen atoms in total. The fourth-order valence-electron chi connectivity index (χ4n) is 5.89. The lowest BCUT2D eigenvalue weighted by Gasteiger charge is -2.25. The van der Waals surface area contributed by atoms with E-state index in [-0.39, 0.29) is 74.1 Å². The Morgan fingerprint density at radius 2 is 1.00 bits per heavy atom. The zero-order valence-corrected chi connectivity index (χ0v) is 34.5. The number of carbonyl (C=O) groups excluding carboxylic acids is 4. The average Bonchev–Trinajstić information content (AvgIpc) is 3.14. The van der Waals surface area contributed by atoms with Crippen LogP contribution in [0.25, 0.3) is 11.1 Å². The Kier molecular flexibility index (Phi) is 13.9. The molecule has 0 saturated carbocycles. The second-order valence-electron chi connectivity index (χ2n) is 15.0. The molecule has 0 aliphatic carbocycles. The van der Waals surface area contributed by atoms with Crippen LogP contribution in [0.5, 0.6) is 5.75 Å². The monoisotopic (exact) mass is 868 g/mol. The largest absolute Gasteiger partial charge is 0.461 e. The minimum absolute atomic E-state index is 0.0299. The van der Waals surface area contributed by atoms with Crippen molar-refractivity contribution in [2.75, 3.05) is 13.2 Å². The van der Waals surface area contributed by atoms with E-state index >= 15 is 8.78 Å². The van der Waals surface area contributed by atoms with Crippen molar-refractivity contribution in [1.29, 1.82) is 0 Å². The molecule has 0 bridgehead atoms. The molecule has 0 fully saturated rings. The van der Waals surface area contributed by atoms with Crippen molar-refractivity contribution in [3.8, 4) is 16.9 Å². The van der Waals surface area contributed by atoms with Crippen LogP contribution in [0.15, 0.2) is 84.9 Å². The van der Waals surface area contributed by atoms with Crippen LogP contribution in [0, 0.1) is 28.5 Å². The average molecular weight is 871 g/mol. The van der Waals surface area contributed by atoms with E-state index in [1.807, 2.05) is 13.8 Å². The molecule has 58 heavy (non-hydrogen) atoms. The van der Waals surface area contributed by atoms with Crippen molar-refractivity contribution in [3.63, 3.8) is 0 Å². The maximum Gasteiger partial charge on any atom is 0.386 e. The molecule has 0 saturated heterocycles. The lowest BCUT2D eigenvalue weighted by atomic mass is 9.85. The fraction of sp³-hybridized carbons (Fsp3) is 0.227. The predicted octanol–water partition coefficient (Wildman–Crippen LogP) is 11.7. The van der Waals surface area contributed by atoms with Crippen molar-refractivity contribution in [3.05, 3.63) is 156 Å². The van der Waals surface area contributed by atoms with Crippen molar-refractivity contribution in [2.24, 2.45) is 10.8 Å². The molecular formula is C44H34Cl4F2O8. The molecule has 5 aromatic rings. The number of hydrogen-bond acceptors (Lipinski definition) is 7. The zero-order chi connectivity index (χ0) is 42.5. The third kappa shape index (κ3) is 11.1. The standard InChI is InChI=1S/C44H34Cl4F2O8/c1-43(2,22-56-41(54)37-31(45)6-5-7-32(37)46)20-28-14-12-26(16-35(28)49)27-13-15-29(36(50)17-27)21-44(3,4)23-57-42(55)38-33(47)18-30(19-34(38)48)58-40(53)25-10-8-24(9-11-25)39(51)52/h6-19H,20-23H2,1-4H3. The van der Waals surface area contributed by atoms with Crippen LogP contribution >= 0.6 is 46.4 Å². The Labute approximate surface area is 353 Å². The number of esters is 3. The third-order valence-electron chi connectivity index (χ3n) is 8.85. The number of benzene rings is 5. The molecule has 0 heterocycles. The first-order chi connectivity index (χ1) is 27.2. The molecule has 0 aliphatic heterocycles. The Balaban J connectivity index is 1.17. The number of hydrogen-bond donors (Lipinski definition) is 0. The van der Waals surface area contributed by atoms with Gasteiger partial charge in [-0.2, -0.15) is 0 Å². The Morgan fingerprint density at radius 1 is 0.586 bits per heavy atom. The molecule has 0 unspecified atom stereocenters. The summed E-state index contributed by atoms with van der Waals surface area (Å²) in [5, 5.41) is 10.9. The molecule has 2 radical (unpaired) electrons. The van der Waals surface area contributed by atoms with Gasteiger partial charge in [0.2, 0.25) is 0 Å². The van der Waals surface area contributed by atoms with Gasteiger partial charge in [-0.3, -0.25) is 0 Å². The van der Waals surface area contributed by atoms with Crippen molar-refractivity contribution in [2.45, 2.75) is 40.5 Å². The molecule has 300 valence electrons. The normalized spacial score (nSPS) is 11.6. The van der Waals surface area contributed by atoms with Gasteiger partial charge < -0.3 is 14.2 Å². The number of ether oxygens (including phenoxy) is 3. The first-order valence-electron chi connectivity index (χ1n) is 17.5. The topological polar surface area (TPSA) is 116 Å². The summed E-state index contributed by atoms with van der Waals surface area (Å²) in [6, 6.07) is 22.0. The molecule has 14 heteroatoms. The summed E-state index contributed by atoms with van der Waals surface area (Å²) in [6.07, 6.45) is 0.399. The zero-order valence-electron chi connectivity index (χ0n) is 31.4. The van der Waals surface area contributed by atoms with Gasteiger partial charge in [-0.25, -0.2) is 33.1 Å². The lowest BCUT2D eigenvalue weighted by Crippen LogP contribution is -2.25. The van der Waals surface area contributed by atoms with Gasteiger partial charge in [0.05, 0.1) is 55.6 Å². The fourth-order valence-corrected chi connectivity index (χ4v) is 7.05. The Morgan fingerprint density at radius 3 is 1.41 bits per heavy atom. The summed E-state index contributed by atoms with van der Waals surface area (Å²) in [4.78, 5) is 49.2. The maximum atomic E-state index is 15.5. The third-order valence-corrected chi connectivity index (χ3v) is 10.0. The Bertz CT molecular complexity index is 2350. The number of carbonyl (C=O) groups is 4. The van der Waals surface area contributed by atoms with Crippen LogP contribution in [0.1, 0.15) is 80.3 Å². The van der Waals surface area contributed by atoms with Crippen LogP contribution in [-0.4, -0.2) is 37.1 Å². The predicted molar refractivity (Wildman–Crippen MR) is 216 cm³/mol. The van der Waals surface area contributed by atoms with E-state index in [2.05, 4.69) is 6.07 Å². The van der Waals surface area contributed by atoms with E-state index in [1.54, 1.807) is 38.1 Å². The van der Waals surface area contributed by atoms with Crippen molar-refractivity contribution >= 4 is 70.3 Å². The molecule has 0 atom stereocenters. The highest BCUT2D eigenvalue weighted by Gasteiger charge is 2.27. The number of rotatable bonds is 14. The van der Waals surface area contributed by atoms with Gasteiger partial charge in [0, 0.05) is 23.0 Å². The first-order valence-corrected chi connectivity index (χ1v) is 19.0. The van der Waals surface area contributed by atoms with E-state index in [0.717, 1.165) is 0 Å². The summed E-state index contributed by atoms with van der Waals surface area (Å²) in [7, 11) is 0. The van der Waals surface area contributed by atoms with Crippen LogP contribution < -0.4 is 4.74 Å². The van der Waals surface area contributed by atoms with Gasteiger partial charge in [0.1, 0.15) is 17.4 Å². The van der Waals surface area contributed by atoms with Gasteiger partial charge in [0.15, 0.2) is 0 Å². The van der Waals surface area contributed by atoms with E-state index in [0.29, 0.717) is 22.3 Å². The summed E-state index contributed by atoms with van der Waals surface area (Å²) in [5.41, 5.74) is -0.00456. The quantitative estimate of drug-likeness (QED) is 0.0806. The highest BCUT2D eigenvalue weighted by atomic mass is 35.5. The first kappa shape index (κ1) is 44.1. The SMILES string of the molecule is CC(C)(COC(=O)c1c(Cl)c[c]cc1Cl)Cc1ccc(-c2ccc(CC(C)(C)COC(=O)c3c(Cl)cc(OC(=O)c4ccc(C([O])=O)cc4)cc3Cl)c(F)c2)cc1F. The van der Waals surface area contributed by atoms with E-state index in [4.69, 9.17) is 60.6 Å². The molecule has 0 N–H and O–H groups in total. The molecule has 5 rings (SSSR count). The minimum atomic E-state index is -1.40. The lowest BCUT2D eigenvalue weighted by molar-refractivity contribution is 0.0334. The molecule has 0 aliphatic rings. The van der Waals surface area contributed by atoms with Crippen molar-refractivity contribution in [1.82, 2.24) is 0 Å². The Hall–Kier alpha value is -5.00. The summed E-state index contributed by atoms with van der Waals surface area (Å²) >= 11 is 24.8. The highest BCUT2D eigenvalue weighted by molar-refractivity contribution is 6.40. The van der Waals surface area contributed by atoms with Crippen LogP contribution in [0.4, 0.5) is 8.78 Å². The van der Waals surface area contributed by atoms with Crippen LogP contribution in [-0.2, 0) is 27.4 Å². The van der Waals surface area contributed by atoms with Gasteiger partial charge >= 0.3 is 23.9 Å². The van der Waals surface area contributed by atoms with Gasteiger partial charge in [-0.15, -0.1) is 0 Å². The number of halogens is 6. The summed E-state index contributed by atoms with van der Waals surface area (Å²) in [5.74, 6) is -4.89. The second kappa shape index (κ2) is 18.3. The van der Waals surface area contributed by atoms with Gasteiger partial charge in [0.25, 0.3) is 0 Å². The summed E-state index contributed by atoms with van der Waals surface area (Å²) < 4.78 is 47.2. The molecule has 0 aromatic heterocycles. The van der Waals surface area contributed by atoms with E-state index < -0.39 is 46.3 Å². The molecule has 0 spiro atoms. The highest BCUT2D eigenvalue weighted by Crippen LogP contribution is 2.34. The molecule has 0 amide bonds. The van der Waals surface area contributed by atoms with E-state index in [9.17, 15) is 24.3 Å². The maximum absolute atomic E-state index is 15.5. The molecular weight excluding hydrogens is 836 g/mol. The van der Waals surface area contributed by atoms with Crippen molar-refractivity contribution < 1.29 is 47.3 Å². The second-order valence-corrected chi connectivity index (χ2v) is 16.6. The smallest absolute Gasteiger partial charge is 0.386 e. The van der Waals surface area contributed by atoms with Crippen LogP contribution in [0.3, 0.4) is 0 Å². The summed E-state index contributed by atoms with van der Waals surface area (Å²) in [6.45, 7) is 7.02. The molecule has 5 aromatic carbocycles. The van der Waals surface area contributed by atoms with Crippen LogP contribution in [0.2, 0.25) is 20.1 Å². The van der Waals surface area contributed by atoms with Gasteiger partial charge in [-0.05, 0) is 89.7 Å².